The van der Waals surface area contributed by atoms with Crippen molar-refractivity contribution in [1.29, 1.82) is 0 Å². The molecule has 2 N–H and O–H groups in total. The van der Waals surface area contributed by atoms with Crippen molar-refractivity contribution in [2.45, 2.75) is 47.5 Å². The summed E-state index contributed by atoms with van der Waals surface area (Å²) in [5, 5.41) is 6.11. The Balaban J connectivity index is 1.78. The maximum atomic E-state index is 12.8. The summed E-state index contributed by atoms with van der Waals surface area (Å²) >= 11 is 5.34. The van der Waals surface area contributed by atoms with Gasteiger partial charge < -0.3 is 24.8 Å². The minimum absolute atomic E-state index is 0.129. The Morgan fingerprint density at radius 3 is 2.58 bits per heavy atom. The Morgan fingerprint density at radius 1 is 1.03 bits per heavy atom. The molecule has 180 valence electrons. The van der Waals surface area contributed by atoms with Crippen LogP contribution in [0, 0.1) is 19.3 Å². The minimum Gasteiger partial charge on any atom is -0.493 e. The third kappa shape index (κ3) is 9.40. The third-order valence-corrected chi connectivity index (χ3v) is 5.39. The zero-order chi connectivity index (χ0) is 24.3. The highest BCUT2D eigenvalue weighted by Crippen LogP contribution is 2.24. The molecule has 0 aliphatic heterocycles. The average Bonchev–Trinajstić information content (AvgIpc) is 2.76. The highest BCUT2D eigenvalue weighted by atomic mass is 32.1. The van der Waals surface area contributed by atoms with E-state index in [1.807, 2.05) is 65.0 Å². The van der Waals surface area contributed by atoms with Crippen LogP contribution in [0.15, 0.2) is 42.5 Å². The molecule has 0 saturated heterocycles. The van der Waals surface area contributed by atoms with Gasteiger partial charge in [-0.25, -0.2) is 0 Å². The van der Waals surface area contributed by atoms with E-state index in [1.54, 1.807) is 0 Å². The van der Waals surface area contributed by atoms with Crippen LogP contribution in [0.1, 0.15) is 44.7 Å². The molecule has 0 fully saturated rings. The molecule has 2 aromatic rings. The topological polar surface area (TPSA) is 68.8 Å². The highest BCUT2D eigenvalue weighted by Gasteiger charge is 2.27. The number of ether oxygens (including phenoxy) is 3. The van der Waals surface area contributed by atoms with Gasteiger partial charge in [0.25, 0.3) is 0 Å². The summed E-state index contributed by atoms with van der Waals surface area (Å²) in [5.41, 5.74) is 2.44. The number of aryl methyl sites for hydroxylation is 2. The Kier molecular flexibility index (Phi) is 10.6. The summed E-state index contributed by atoms with van der Waals surface area (Å²) in [4.78, 5) is 12.8. The van der Waals surface area contributed by atoms with E-state index in [0.717, 1.165) is 23.4 Å². The van der Waals surface area contributed by atoms with E-state index in [4.69, 9.17) is 26.4 Å². The molecule has 0 unspecified atom stereocenters. The number of anilines is 1. The molecule has 6 nitrogen and oxygen atoms in total. The summed E-state index contributed by atoms with van der Waals surface area (Å²) in [6.07, 6.45) is 1.44. The Bertz CT molecular complexity index is 930. The Morgan fingerprint density at radius 2 is 1.82 bits per heavy atom. The van der Waals surface area contributed by atoms with Crippen LogP contribution in [-0.4, -0.2) is 37.4 Å². The predicted molar refractivity (Wildman–Crippen MR) is 137 cm³/mol. The fourth-order valence-corrected chi connectivity index (χ4v) is 3.34. The molecule has 2 rings (SSSR count). The van der Waals surface area contributed by atoms with Crippen molar-refractivity contribution < 1.29 is 19.0 Å². The molecule has 0 atom stereocenters. The van der Waals surface area contributed by atoms with Crippen molar-refractivity contribution in [2.24, 2.45) is 5.41 Å². The number of amides is 1. The average molecular weight is 473 g/mol. The number of thiocarbonyl (C=S) groups is 1. The van der Waals surface area contributed by atoms with Gasteiger partial charge in [-0.1, -0.05) is 32.0 Å². The third-order valence-electron chi connectivity index (χ3n) is 5.18. The summed E-state index contributed by atoms with van der Waals surface area (Å²) in [5.74, 6) is 1.47. The van der Waals surface area contributed by atoms with Crippen molar-refractivity contribution in [3.8, 4) is 11.5 Å². The predicted octanol–water partition coefficient (Wildman–Crippen LogP) is 5.42. The first-order valence-electron chi connectivity index (χ1n) is 11.3. The van der Waals surface area contributed by atoms with Crippen LogP contribution in [0.5, 0.6) is 11.5 Å². The maximum Gasteiger partial charge on any atom is 0.231 e. The fraction of sp³-hybridized carbons (Fsp3) is 0.462. The van der Waals surface area contributed by atoms with Crippen LogP contribution in [0.4, 0.5) is 5.69 Å². The zero-order valence-corrected chi connectivity index (χ0v) is 21.1. The number of nitrogens with one attached hydrogen (secondary N) is 2. The van der Waals surface area contributed by atoms with E-state index in [9.17, 15) is 4.79 Å². The molecule has 0 heterocycles. The van der Waals surface area contributed by atoms with Gasteiger partial charge in [-0.2, -0.15) is 0 Å². The Labute approximate surface area is 203 Å². The molecule has 33 heavy (non-hydrogen) atoms. The maximum absolute atomic E-state index is 12.8. The SMILES string of the molecule is CCOCCOc1cccc(NC(=S)NC(=O)C(C)(C)CCCOc2cc(C)ccc2C)c1. The zero-order valence-electron chi connectivity index (χ0n) is 20.3. The van der Waals surface area contributed by atoms with Crippen LogP contribution < -0.4 is 20.1 Å². The number of rotatable bonds is 12. The quantitative estimate of drug-likeness (QED) is 0.318. The number of carbonyl (C=O) groups is 1. The van der Waals surface area contributed by atoms with Crippen molar-refractivity contribution in [3.05, 3.63) is 53.6 Å². The van der Waals surface area contributed by atoms with Gasteiger partial charge >= 0.3 is 0 Å². The van der Waals surface area contributed by atoms with Gasteiger partial charge in [0.15, 0.2) is 5.11 Å². The van der Waals surface area contributed by atoms with E-state index in [-0.39, 0.29) is 11.0 Å². The van der Waals surface area contributed by atoms with Crippen LogP contribution in [0.3, 0.4) is 0 Å². The first kappa shape index (κ1) is 26.6. The van der Waals surface area contributed by atoms with Crippen molar-refractivity contribution in [3.63, 3.8) is 0 Å². The normalized spacial score (nSPS) is 11.1. The molecule has 0 aliphatic carbocycles. The van der Waals surface area contributed by atoms with E-state index < -0.39 is 5.41 Å². The second-order valence-corrected chi connectivity index (χ2v) is 8.99. The van der Waals surface area contributed by atoms with Gasteiger partial charge in [0.1, 0.15) is 18.1 Å². The molecule has 7 heteroatoms. The van der Waals surface area contributed by atoms with Crippen LogP contribution in [0.25, 0.3) is 0 Å². The molecule has 0 aromatic heterocycles. The van der Waals surface area contributed by atoms with Gasteiger partial charge in [-0.15, -0.1) is 0 Å². The molecule has 2 aromatic carbocycles. The molecule has 0 aliphatic rings. The molecule has 0 radical (unpaired) electrons. The van der Waals surface area contributed by atoms with Gasteiger partial charge in [0, 0.05) is 23.8 Å². The van der Waals surface area contributed by atoms with Crippen LogP contribution in [0.2, 0.25) is 0 Å². The van der Waals surface area contributed by atoms with Gasteiger partial charge in [0.2, 0.25) is 5.91 Å². The van der Waals surface area contributed by atoms with Crippen molar-refractivity contribution >= 4 is 28.9 Å². The summed E-state index contributed by atoms with van der Waals surface area (Å²) in [6, 6.07) is 13.6. The lowest BCUT2D eigenvalue weighted by Gasteiger charge is -2.24. The standard InChI is InChI=1S/C26H36N2O4S/c1-6-30-15-16-31-22-10-7-9-21(18-22)27-25(33)28-24(29)26(4,5)13-8-14-32-23-17-19(2)11-12-20(23)3/h7,9-12,17-18H,6,8,13-16H2,1-5H3,(H2,27,28,29,33). The monoisotopic (exact) mass is 472 g/mol. The number of hydrogen-bond acceptors (Lipinski definition) is 5. The van der Waals surface area contributed by atoms with Crippen molar-refractivity contribution in [1.82, 2.24) is 5.32 Å². The lowest BCUT2D eigenvalue weighted by atomic mass is 9.87. The van der Waals surface area contributed by atoms with Gasteiger partial charge in [-0.3, -0.25) is 4.79 Å². The van der Waals surface area contributed by atoms with Crippen LogP contribution >= 0.6 is 12.2 Å². The lowest BCUT2D eigenvalue weighted by molar-refractivity contribution is -0.128. The fourth-order valence-electron chi connectivity index (χ4n) is 3.13. The highest BCUT2D eigenvalue weighted by molar-refractivity contribution is 7.80. The first-order chi connectivity index (χ1) is 15.7. The second-order valence-electron chi connectivity index (χ2n) is 8.59. The summed E-state index contributed by atoms with van der Waals surface area (Å²) in [7, 11) is 0. The second kappa shape index (κ2) is 13.2. The molecule has 1 amide bonds. The van der Waals surface area contributed by atoms with E-state index >= 15 is 0 Å². The molecular weight excluding hydrogens is 436 g/mol. The minimum atomic E-state index is -0.582. The number of hydrogen-bond donors (Lipinski definition) is 2. The van der Waals surface area contributed by atoms with Crippen molar-refractivity contribution in [2.75, 3.05) is 31.7 Å². The first-order valence-corrected chi connectivity index (χ1v) is 11.7. The molecular formula is C26H36N2O4S. The van der Waals surface area contributed by atoms with Gasteiger partial charge in [0.05, 0.1) is 13.2 Å². The van der Waals surface area contributed by atoms with E-state index in [0.29, 0.717) is 38.6 Å². The molecule has 0 bridgehead atoms. The smallest absolute Gasteiger partial charge is 0.231 e. The van der Waals surface area contributed by atoms with E-state index in [2.05, 4.69) is 22.8 Å². The van der Waals surface area contributed by atoms with E-state index in [1.165, 1.54) is 5.56 Å². The summed E-state index contributed by atoms with van der Waals surface area (Å²) in [6.45, 7) is 12.1. The molecule has 0 spiro atoms. The number of benzene rings is 2. The summed E-state index contributed by atoms with van der Waals surface area (Å²) < 4.78 is 16.9. The van der Waals surface area contributed by atoms with Gasteiger partial charge in [-0.05, 0) is 75.2 Å². The number of carbonyl (C=O) groups excluding carboxylic acids is 1. The Hall–Kier alpha value is -2.64. The van der Waals surface area contributed by atoms with Crippen LogP contribution in [-0.2, 0) is 9.53 Å². The lowest BCUT2D eigenvalue weighted by Crippen LogP contribution is -2.42. The largest absolute Gasteiger partial charge is 0.493 e. The molecule has 0 saturated carbocycles.